The minimum atomic E-state index is -0.135. The van der Waals surface area contributed by atoms with Gasteiger partial charge in [0.15, 0.2) is 0 Å². The Hall–Kier alpha value is -0.540. The van der Waals surface area contributed by atoms with E-state index in [-0.39, 0.29) is 5.82 Å². The summed E-state index contributed by atoms with van der Waals surface area (Å²) in [5.41, 5.74) is 0. The first-order chi connectivity index (χ1) is 7.81. The summed E-state index contributed by atoms with van der Waals surface area (Å²) in [5, 5.41) is 0. The van der Waals surface area contributed by atoms with Gasteiger partial charge in [0.1, 0.15) is 5.82 Å². The number of fused-ring (bicyclic) bond motifs is 1. The van der Waals surface area contributed by atoms with Crippen molar-refractivity contribution in [2.75, 3.05) is 13.1 Å². The van der Waals surface area contributed by atoms with Gasteiger partial charge >= 0.3 is 0 Å². The molecule has 1 aromatic carbocycles. The number of nitrogens with zero attached hydrogens (tertiary/aromatic N) is 1. The lowest BCUT2D eigenvalue weighted by Gasteiger charge is -2.15. The van der Waals surface area contributed by atoms with Crippen molar-refractivity contribution in [2.45, 2.75) is 24.2 Å². The molecule has 86 valence electrons. The first-order valence-electron chi connectivity index (χ1n) is 6.00. The maximum Gasteiger partial charge on any atom is 0.124 e. The molecule has 0 amide bonds. The predicted octanol–water partition coefficient (Wildman–Crippen LogP) is 3.56. The van der Waals surface area contributed by atoms with Crippen LogP contribution in [0.25, 0.3) is 0 Å². The van der Waals surface area contributed by atoms with Crippen LogP contribution < -0.4 is 0 Å². The molecule has 0 bridgehead atoms. The Kier molecular flexibility index (Phi) is 2.90. The third-order valence-electron chi connectivity index (χ3n) is 3.72. The van der Waals surface area contributed by atoms with Gasteiger partial charge < -0.3 is 0 Å². The maximum absolute atomic E-state index is 13.0. The molecule has 1 nitrogen and oxygen atoms in total. The van der Waals surface area contributed by atoms with E-state index in [2.05, 4.69) is 4.31 Å². The standard InChI is InChI=1S/C13H16FNS/c14-12-5-2-6-13(7-12)16-15-8-10-3-1-4-11(10)9-15/h2,5-7,10-11H,1,3-4,8-9H2. The summed E-state index contributed by atoms with van der Waals surface area (Å²) >= 11 is 1.72. The highest BCUT2D eigenvalue weighted by Gasteiger charge is 2.36. The summed E-state index contributed by atoms with van der Waals surface area (Å²) in [6.45, 7) is 2.37. The van der Waals surface area contributed by atoms with Crippen molar-refractivity contribution in [1.29, 1.82) is 0 Å². The normalized spacial score (nSPS) is 29.6. The van der Waals surface area contributed by atoms with Crippen LogP contribution in [-0.4, -0.2) is 17.4 Å². The molecule has 2 unspecified atom stereocenters. The fraction of sp³-hybridized carbons (Fsp3) is 0.538. The number of hydrogen-bond donors (Lipinski definition) is 0. The quantitative estimate of drug-likeness (QED) is 0.723. The maximum atomic E-state index is 13.0. The van der Waals surface area contributed by atoms with Crippen molar-refractivity contribution >= 4 is 11.9 Å². The van der Waals surface area contributed by atoms with Gasteiger partial charge in [0, 0.05) is 18.0 Å². The molecule has 3 rings (SSSR count). The van der Waals surface area contributed by atoms with Crippen LogP contribution >= 0.6 is 11.9 Å². The average molecular weight is 237 g/mol. The van der Waals surface area contributed by atoms with E-state index >= 15 is 0 Å². The Morgan fingerprint density at radius 2 is 1.94 bits per heavy atom. The second kappa shape index (κ2) is 4.38. The third kappa shape index (κ3) is 2.11. The average Bonchev–Trinajstić information content (AvgIpc) is 2.77. The largest absolute Gasteiger partial charge is 0.246 e. The van der Waals surface area contributed by atoms with Crippen LogP contribution in [0.2, 0.25) is 0 Å². The summed E-state index contributed by atoms with van der Waals surface area (Å²) in [5.74, 6) is 1.67. The molecule has 2 atom stereocenters. The first-order valence-corrected chi connectivity index (χ1v) is 6.77. The molecule has 1 aliphatic heterocycles. The Balaban J connectivity index is 1.64. The number of benzene rings is 1. The van der Waals surface area contributed by atoms with E-state index in [1.165, 1.54) is 38.4 Å². The van der Waals surface area contributed by atoms with Gasteiger partial charge in [-0.05, 0) is 54.8 Å². The van der Waals surface area contributed by atoms with Gasteiger partial charge in [0.25, 0.3) is 0 Å². The van der Waals surface area contributed by atoms with Gasteiger partial charge in [-0.25, -0.2) is 8.70 Å². The molecule has 0 aromatic heterocycles. The fourth-order valence-electron chi connectivity index (χ4n) is 2.94. The molecule has 1 aliphatic carbocycles. The highest BCUT2D eigenvalue weighted by atomic mass is 32.2. The van der Waals surface area contributed by atoms with Crippen LogP contribution in [0.15, 0.2) is 29.2 Å². The monoisotopic (exact) mass is 237 g/mol. The molecule has 0 spiro atoms. The summed E-state index contributed by atoms with van der Waals surface area (Å²) in [7, 11) is 0. The SMILES string of the molecule is Fc1cccc(SN2CC3CCCC3C2)c1. The second-order valence-electron chi connectivity index (χ2n) is 4.85. The van der Waals surface area contributed by atoms with Crippen LogP contribution in [0.4, 0.5) is 4.39 Å². The molecule has 0 N–H and O–H groups in total. The van der Waals surface area contributed by atoms with Crippen molar-refractivity contribution in [1.82, 2.24) is 4.31 Å². The van der Waals surface area contributed by atoms with E-state index in [1.807, 2.05) is 6.07 Å². The highest BCUT2D eigenvalue weighted by Crippen LogP contribution is 2.41. The van der Waals surface area contributed by atoms with Gasteiger partial charge in [-0.15, -0.1) is 0 Å². The van der Waals surface area contributed by atoms with Crippen molar-refractivity contribution in [3.63, 3.8) is 0 Å². The zero-order valence-corrected chi connectivity index (χ0v) is 10.0. The van der Waals surface area contributed by atoms with E-state index in [1.54, 1.807) is 24.1 Å². The highest BCUT2D eigenvalue weighted by molar-refractivity contribution is 7.97. The topological polar surface area (TPSA) is 3.24 Å². The van der Waals surface area contributed by atoms with E-state index < -0.39 is 0 Å². The lowest BCUT2D eigenvalue weighted by atomic mass is 10.0. The van der Waals surface area contributed by atoms with Crippen LogP contribution in [0, 0.1) is 17.7 Å². The van der Waals surface area contributed by atoms with Crippen LogP contribution in [0.5, 0.6) is 0 Å². The third-order valence-corrected chi connectivity index (χ3v) is 4.74. The molecule has 16 heavy (non-hydrogen) atoms. The fourth-order valence-corrected chi connectivity index (χ4v) is 4.07. The molecule has 0 radical (unpaired) electrons. The Morgan fingerprint density at radius 3 is 2.62 bits per heavy atom. The van der Waals surface area contributed by atoms with Gasteiger partial charge in [0.2, 0.25) is 0 Å². The summed E-state index contributed by atoms with van der Waals surface area (Å²) in [6, 6.07) is 6.90. The van der Waals surface area contributed by atoms with Crippen molar-refractivity contribution < 1.29 is 4.39 Å². The van der Waals surface area contributed by atoms with Gasteiger partial charge in [0.05, 0.1) is 0 Å². The molecule has 3 heteroatoms. The molecule has 1 heterocycles. The van der Waals surface area contributed by atoms with Crippen LogP contribution in [0.1, 0.15) is 19.3 Å². The number of halogens is 1. The van der Waals surface area contributed by atoms with Crippen molar-refractivity contribution in [3.8, 4) is 0 Å². The van der Waals surface area contributed by atoms with Gasteiger partial charge in [-0.2, -0.15) is 0 Å². The minimum absolute atomic E-state index is 0.135. The zero-order valence-electron chi connectivity index (χ0n) is 9.23. The molecule has 2 fully saturated rings. The molecule has 1 aromatic rings. The smallest absolute Gasteiger partial charge is 0.124 e. The van der Waals surface area contributed by atoms with Crippen molar-refractivity contribution in [2.24, 2.45) is 11.8 Å². The number of rotatable bonds is 2. The zero-order chi connectivity index (χ0) is 11.0. The number of hydrogen-bond acceptors (Lipinski definition) is 2. The molecular weight excluding hydrogens is 221 g/mol. The van der Waals surface area contributed by atoms with Crippen molar-refractivity contribution in [3.05, 3.63) is 30.1 Å². The van der Waals surface area contributed by atoms with E-state index in [9.17, 15) is 4.39 Å². The van der Waals surface area contributed by atoms with Crippen LogP contribution in [-0.2, 0) is 0 Å². The molecule has 1 saturated carbocycles. The van der Waals surface area contributed by atoms with E-state index in [0.717, 1.165) is 16.7 Å². The summed E-state index contributed by atoms with van der Waals surface area (Å²) in [4.78, 5) is 1.03. The van der Waals surface area contributed by atoms with Gasteiger partial charge in [-0.1, -0.05) is 12.5 Å². The summed E-state index contributed by atoms with van der Waals surface area (Å²) < 4.78 is 15.4. The second-order valence-corrected chi connectivity index (χ2v) is 6.02. The van der Waals surface area contributed by atoms with Crippen LogP contribution in [0.3, 0.4) is 0 Å². The van der Waals surface area contributed by atoms with Gasteiger partial charge in [-0.3, -0.25) is 0 Å². The molecular formula is C13H16FNS. The predicted molar refractivity (Wildman–Crippen MR) is 64.7 cm³/mol. The van der Waals surface area contributed by atoms with E-state index in [0.29, 0.717) is 0 Å². The minimum Gasteiger partial charge on any atom is -0.246 e. The Labute approximate surface area is 100 Å². The summed E-state index contributed by atoms with van der Waals surface area (Å²) in [6.07, 6.45) is 4.20. The Morgan fingerprint density at radius 1 is 1.19 bits per heavy atom. The van der Waals surface area contributed by atoms with E-state index in [4.69, 9.17) is 0 Å². The Bertz CT molecular complexity index is 370. The molecule has 1 saturated heterocycles. The molecule has 2 aliphatic rings. The first kappa shape index (κ1) is 10.6. The lowest BCUT2D eigenvalue weighted by Crippen LogP contribution is -2.12. The lowest BCUT2D eigenvalue weighted by molar-refractivity contribution is 0.494.